The number of amides is 2. The van der Waals surface area contributed by atoms with Crippen molar-refractivity contribution in [3.05, 3.63) is 100 Å². The minimum Gasteiger partial charge on any atom is -0.507 e. The summed E-state index contributed by atoms with van der Waals surface area (Å²) in [6.45, 7) is 16.9. The van der Waals surface area contributed by atoms with E-state index in [1.807, 2.05) is 96.1 Å². The summed E-state index contributed by atoms with van der Waals surface area (Å²) in [7, 11) is 0. The van der Waals surface area contributed by atoms with Crippen molar-refractivity contribution < 1.29 is 39.1 Å². The maximum absolute atomic E-state index is 12.7. The maximum Gasteiger partial charge on any atom is 0.410 e. The molecule has 2 saturated heterocycles. The van der Waals surface area contributed by atoms with Gasteiger partial charge >= 0.3 is 12.2 Å². The molecule has 0 spiro atoms. The molecule has 10 rings (SSSR count). The van der Waals surface area contributed by atoms with Gasteiger partial charge in [-0.1, -0.05) is 42.5 Å². The Labute approximate surface area is 353 Å². The maximum atomic E-state index is 12.7. The fraction of sp³-hybridized carbons (Fsp3) is 0.458. The summed E-state index contributed by atoms with van der Waals surface area (Å²) >= 11 is 0. The Bertz CT molecular complexity index is 2180. The van der Waals surface area contributed by atoms with Gasteiger partial charge in [0.05, 0.1) is 0 Å². The number of phenols is 3. The Hall–Kier alpha value is -5.46. The zero-order valence-electron chi connectivity index (χ0n) is 35.9. The second kappa shape index (κ2) is 17.6. The molecule has 0 atom stereocenters. The predicted octanol–water partition coefficient (Wildman–Crippen LogP) is 8.25. The molecule has 6 aliphatic rings. The van der Waals surface area contributed by atoms with Crippen molar-refractivity contribution in [3.8, 4) is 39.9 Å². The highest BCUT2D eigenvalue weighted by Crippen LogP contribution is 2.42. The van der Waals surface area contributed by atoms with E-state index >= 15 is 0 Å². The molecule has 12 nitrogen and oxygen atoms in total. The van der Waals surface area contributed by atoms with Gasteiger partial charge in [0.15, 0.2) is 11.5 Å². The lowest BCUT2D eigenvalue weighted by molar-refractivity contribution is 0.0129. The van der Waals surface area contributed by atoms with Gasteiger partial charge in [-0.2, -0.15) is 0 Å². The normalized spacial score (nSPS) is 16.8. The Kier molecular flexibility index (Phi) is 12.5. The predicted molar refractivity (Wildman–Crippen MR) is 231 cm³/mol. The van der Waals surface area contributed by atoms with Gasteiger partial charge < -0.3 is 39.3 Å². The molecule has 0 saturated carbocycles. The molecule has 4 aromatic rings. The molecule has 6 heterocycles. The van der Waals surface area contributed by atoms with Gasteiger partial charge in [0, 0.05) is 87.7 Å². The van der Waals surface area contributed by atoms with Crippen LogP contribution in [0.1, 0.15) is 74.9 Å². The lowest BCUT2D eigenvalue weighted by Crippen LogP contribution is -2.49. The summed E-state index contributed by atoms with van der Waals surface area (Å²) in [5.41, 5.74) is 5.50. The summed E-state index contributed by atoms with van der Waals surface area (Å²) < 4.78 is 17.5. The first-order chi connectivity index (χ1) is 28.5. The number of phenolic OH excluding ortho intramolecular Hbond substituents is 3. The first-order valence-corrected chi connectivity index (χ1v) is 21.2. The van der Waals surface area contributed by atoms with Crippen LogP contribution >= 0.6 is 0 Å². The van der Waals surface area contributed by atoms with E-state index in [4.69, 9.17) is 14.2 Å². The summed E-state index contributed by atoms with van der Waals surface area (Å²) in [6.07, 6.45) is 1.93. The van der Waals surface area contributed by atoms with Gasteiger partial charge in [-0.25, -0.2) is 9.59 Å². The first kappa shape index (κ1) is 42.7. The molecular weight excluding hydrogens is 761 g/mol. The SMILES string of the molecule is CC(C)(C)OC(=O)N1CCN(Cc2cc3cc(c2O)Oc2ccc(cc2)CCc2ccc(CN4CCN(C(=O)OC(C)(C)C)CC4)c(O)c2-c2ccc(cc2O)CC3)CC1. The fourth-order valence-electron chi connectivity index (χ4n) is 8.06. The van der Waals surface area contributed by atoms with Crippen LogP contribution in [-0.4, -0.2) is 111 Å². The number of benzene rings is 4. The monoisotopic (exact) mass is 820 g/mol. The van der Waals surface area contributed by atoms with Gasteiger partial charge in [-0.05, 0) is 114 Å². The number of aryl methyl sites for hydroxylation is 4. The van der Waals surface area contributed by atoms with E-state index in [-0.39, 0.29) is 29.4 Å². The lowest BCUT2D eigenvalue weighted by atomic mass is 9.90. The molecule has 12 heteroatoms. The number of carbonyl (C=O) groups is 2. The van der Waals surface area contributed by atoms with Crippen molar-refractivity contribution in [1.82, 2.24) is 19.6 Å². The van der Waals surface area contributed by atoms with E-state index in [2.05, 4.69) is 15.9 Å². The van der Waals surface area contributed by atoms with Crippen molar-refractivity contribution >= 4 is 12.2 Å². The first-order valence-electron chi connectivity index (χ1n) is 21.2. The quantitative estimate of drug-likeness (QED) is 0.185. The van der Waals surface area contributed by atoms with E-state index in [9.17, 15) is 24.9 Å². The number of carbonyl (C=O) groups excluding carboxylic acids is 2. The molecule has 6 bridgehead atoms. The molecule has 6 aliphatic heterocycles. The van der Waals surface area contributed by atoms with E-state index in [1.165, 1.54) is 0 Å². The average Bonchev–Trinajstić information content (AvgIpc) is 3.18. The minimum absolute atomic E-state index is 0.0904. The van der Waals surface area contributed by atoms with Crippen LogP contribution in [0.25, 0.3) is 11.1 Å². The van der Waals surface area contributed by atoms with Crippen LogP contribution in [-0.2, 0) is 48.2 Å². The van der Waals surface area contributed by atoms with E-state index < -0.39 is 11.2 Å². The van der Waals surface area contributed by atoms with E-state index in [0.29, 0.717) is 114 Å². The highest BCUT2D eigenvalue weighted by atomic mass is 16.6. The number of nitrogens with zero attached hydrogens (tertiary/aromatic N) is 4. The molecule has 0 aliphatic carbocycles. The van der Waals surface area contributed by atoms with Gasteiger partial charge in [0.1, 0.15) is 28.5 Å². The number of piperazine rings is 2. The van der Waals surface area contributed by atoms with Gasteiger partial charge in [0.2, 0.25) is 0 Å². The van der Waals surface area contributed by atoms with Crippen molar-refractivity contribution in [2.45, 2.75) is 91.5 Å². The number of ether oxygens (including phenoxy) is 3. The van der Waals surface area contributed by atoms with Crippen LogP contribution in [0.15, 0.2) is 66.7 Å². The second-order valence-corrected chi connectivity index (χ2v) is 18.3. The van der Waals surface area contributed by atoms with Crippen molar-refractivity contribution in [1.29, 1.82) is 0 Å². The van der Waals surface area contributed by atoms with Crippen LogP contribution in [0.4, 0.5) is 9.59 Å². The molecule has 2 fully saturated rings. The van der Waals surface area contributed by atoms with Crippen LogP contribution in [0.2, 0.25) is 0 Å². The number of rotatable bonds is 4. The number of hydrogen-bond donors (Lipinski definition) is 3. The molecule has 0 aromatic heterocycles. The fourth-order valence-corrected chi connectivity index (χ4v) is 8.06. The minimum atomic E-state index is -0.558. The Morgan fingerprint density at radius 1 is 0.583 bits per heavy atom. The number of hydrogen-bond acceptors (Lipinski definition) is 10. The smallest absolute Gasteiger partial charge is 0.410 e. The van der Waals surface area contributed by atoms with E-state index in [0.717, 1.165) is 33.4 Å². The molecule has 2 amide bonds. The average molecular weight is 821 g/mol. The molecule has 0 radical (unpaired) electrons. The van der Waals surface area contributed by atoms with Crippen LogP contribution in [0.3, 0.4) is 0 Å². The molecular formula is C48H60N4O8. The molecule has 4 aromatic carbocycles. The Morgan fingerprint density at radius 2 is 1.12 bits per heavy atom. The third-order valence-electron chi connectivity index (χ3n) is 11.3. The van der Waals surface area contributed by atoms with Crippen LogP contribution in [0, 0.1) is 0 Å². The summed E-state index contributed by atoms with van der Waals surface area (Å²) in [4.78, 5) is 33.2. The zero-order valence-corrected chi connectivity index (χ0v) is 35.9. The molecule has 320 valence electrons. The van der Waals surface area contributed by atoms with Crippen LogP contribution in [0.5, 0.6) is 28.7 Å². The van der Waals surface area contributed by atoms with Crippen LogP contribution < -0.4 is 4.74 Å². The summed E-state index contributed by atoms with van der Waals surface area (Å²) in [5, 5.41) is 35.1. The highest BCUT2D eigenvalue weighted by molar-refractivity contribution is 5.80. The number of aromatic hydroxyl groups is 3. The third kappa shape index (κ3) is 10.6. The Morgan fingerprint density at radius 3 is 1.68 bits per heavy atom. The van der Waals surface area contributed by atoms with Gasteiger partial charge in [0.25, 0.3) is 0 Å². The standard InChI is InChI=1S/C48H60N4O8/c1-47(2,3)59-45(56)51-23-19-49(20-24-51)30-36-15-14-35-13-9-32-10-16-38(17-11-32)58-41-29-34(8-7-33-12-18-39(40(53)28-33)42(35)44(36)55)27-37(43(41)54)31-50-21-25-52(26-22-50)46(57)60-48(4,5)6/h10-12,14-18,27-29,53-55H,7-9,13,19-26,30-31H2,1-6H3. The topological polar surface area (TPSA) is 135 Å². The van der Waals surface area contributed by atoms with Crippen molar-refractivity contribution in [2.24, 2.45) is 0 Å². The highest BCUT2D eigenvalue weighted by Gasteiger charge is 2.29. The largest absolute Gasteiger partial charge is 0.507 e. The van der Waals surface area contributed by atoms with Gasteiger partial charge in [-0.15, -0.1) is 0 Å². The third-order valence-corrected chi connectivity index (χ3v) is 11.3. The molecule has 60 heavy (non-hydrogen) atoms. The Balaban J connectivity index is 1.12. The van der Waals surface area contributed by atoms with E-state index in [1.54, 1.807) is 15.9 Å². The van der Waals surface area contributed by atoms with Crippen molar-refractivity contribution in [3.63, 3.8) is 0 Å². The molecule has 3 N–H and O–H groups in total. The summed E-state index contributed by atoms with van der Waals surface area (Å²) in [6, 6.07) is 21.5. The summed E-state index contributed by atoms with van der Waals surface area (Å²) in [5.74, 6) is 1.33. The van der Waals surface area contributed by atoms with Crippen molar-refractivity contribution in [2.75, 3.05) is 52.4 Å². The lowest BCUT2D eigenvalue weighted by Gasteiger charge is -2.35. The molecule has 0 unspecified atom stereocenters. The second-order valence-electron chi connectivity index (χ2n) is 18.3. The van der Waals surface area contributed by atoms with Gasteiger partial charge in [-0.3, -0.25) is 9.80 Å². The zero-order chi connectivity index (χ0) is 42.8.